The maximum Gasteiger partial charge on any atom is 0.410 e. The fraction of sp³-hybridized carbons (Fsp3) is 0.591. The van der Waals surface area contributed by atoms with Gasteiger partial charge in [-0.05, 0) is 64.7 Å². The number of likely N-dealkylation sites (tertiary alicyclic amines) is 2. The minimum Gasteiger partial charge on any atom is -0.444 e. The van der Waals surface area contributed by atoms with E-state index in [0.29, 0.717) is 19.5 Å². The van der Waals surface area contributed by atoms with E-state index in [1.54, 1.807) is 4.90 Å². The Hall–Kier alpha value is -2.57. The second-order valence-corrected chi connectivity index (χ2v) is 9.24. The molecular weight excluding hydrogens is 368 g/mol. The van der Waals surface area contributed by atoms with Crippen molar-refractivity contribution in [1.29, 1.82) is 0 Å². The van der Waals surface area contributed by atoms with Crippen molar-refractivity contribution in [3.8, 4) is 0 Å². The van der Waals surface area contributed by atoms with Crippen molar-refractivity contribution in [2.24, 2.45) is 5.92 Å². The van der Waals surface area contributed by atoms with Crippen LogP contribution in [0.4, 0.5) is 4.79 Å². The summed E-state index contributed by atoms with van der Waals surface area (Å²) in [6, 6.07) is 6.13. The molecule has 2 unspecified atom stereocenters. The van der Waals surface area contributed by atoms with Crippen molar-refractivity contribution < 1.29 is 14.3 Å². The normalized spacial score (nSPS) is 22.5. The Kier molecular flexibility index (Phi) is 5.00. The van der Waals surface area contributed by atoms with Crippen LogP contribution >= 0.6 is 0 Å². The number of hydrogen-bond donors (Lipinski definition) is 1. The third kappa shape index (κ3) is 4.09. The first-order valence-electron chi connectivity index (χ1n) is 10.5. The summed E-state index contributed by atoms with van der Waals surface area (Å²) in [6.07, 6.45) is 2.22. The highest BCUT2D eigenvalue weighted by Crippen LogP contribution is 2.34. The Morgan fingerprint density at radius 1 is 1.21 bits per heavy atom. The number of carbonyl (C=O) groups excluding carboxylic acids is 2. The zero-order valence-electron chi connectivity index (χ0n) is 17.7. The molecule has 0 saturated carbocycles. The van der Waals surface area contributed by atoms with Crippen LogP contribution in [0.2, 0.25) is 0 Å². The molecule has 0 bridgehead atoms. The van der Waals surface area contributed by atoms with Gasteiger partial charge in [0.05, 0.1) is 23.0 Å². The number of hydrogen-bond acceptors (Lipinski definition) is 4. The summed E-state index contributed by atoms with van der Waals surface area (Å²) in [7, 11) is 0. The predicted molar refractivity (Wildman–Crippen MR) is 110 cm³/mol. The summed E-state index contributed by atoms with van der Waals surface area (Å²) in [5.41, 5.74) is 2.59. The first-order chi connectivity index (χ1) is 13.7. The topological polar surface area (TPSA) is 78.5 Å². The number of ether oxygens (including phenoxy) is 1. The molecule has 1 N–H and O–H groups in total. The Morgan fingerprint density at radius 3 is 2.76 bits per heavy atom. The number of aromatic amines is 1. The fourth-order valence-electron chi connectivity index (χ4n) is 4.30. The molecular formula is C22H30N4O3. The Balaban J connectivity index is 1.46. The van der Waals surface area contributed by atoms with Gasteiger partial charge in [0.1, 0.15) is 11.4 Å². The molecule has 156 valence electrons. The smallest absolute Gasteiger partial charge is 0.410 e. The van der Waals surface area contributed by atoms with Crippen molar-refractivity contribution in [2.75, 3.05) is 19.6 Å². The van der Waals surface area contributed by atoms with Crippen molar-refractivity contribution in [2.45, 2.75) is 58.6 Å². The lowest BCUT2D eigenvalue weighted by atomic mass is 10.1. The quantitative estimate of drug-likeness (QED) is 0.835. The summed E-state index contributed by atoms with van der Waals surface area (Å²) >= 11 is 0. The number of fused-ring (bicyclic) bond motifs is 1. The number of nitrogens with one attached hydrogen (secondary N) is 1. The highest BCUT2D eigenvalue weighted by atomic mass is 16.6. The summed E-state index contributed by atoms with van der Waals surface area (Å²) in [5, 5.41) is 0. The van der Waals surface area contributed by atoms with Crippen LogP contribution in [0.15, 0.2) is 18.2 Å². The van der Waals surface area contributed by atoms with E-state index in [1.807, 2.05) is 37.8 Å². The number of H-pyrrole nitrogens is 1. The monoisotopic (exact) mass is 398 g/mol. The minimum absolute atomic E-state index is 0.0224. The summed E-state index contributed by atoms with van der Waals surface area (Å²) in [4.78, 5) is 37.4. The van der Waals surface area contributed by atoms with E-state index in [9.17, 15) is 9.59 Å². The van der Waals surface area contributed by atoms with Gasteiger partial charge >= 0.3 is 6.09 Å². The second kappa shape index (κ2) is 7.35. The molecule has 2 atom stereocenters. The first-order valence-corrected chi connectivity index (χ1v) is 10.5. The largest absolute Gasteiger partial charge is 0.444 e. The number of aryl methyl sites for hydroxylation is 1. The standard InChI is InChI=1S/C22H30N4O3/c1-14-7-8-16-17(12-14)24-19(23-16)18-6-5-10-26(18)20(27)15-9-11-25(13-15)21(28)29-22(2,3)4/h7-8,12,15,18H,5-6,9-11,13H2,1-4H3,(H,23,24). The van der Waals surface area contributed by atoms with Crippen molar-refractivity contribution >= 4 is 23.0 Å². The maximum absolute atomic E-state index is 13.3. The number of aromatic nitrogens is 2. The number of carbonyl (C=O) groups is 2. The van der Waals surface area contributed by atoms with Crippen molar-refractivity contribution in [1.82, 2.24) is 19.8 Å². The molecule has 2 saturated heterocycles. The molecule has 1 aromatic heterocycles. The van der Waals surface area contributed by atoms with Crippen LogP contribution in [0, 0.1) is 12.8 Å². The van der Waals surface area contributed by atoms with Crippen LogP contribution in [0.3, 0.4) is 0 Å². The van der Waals surface area contributed by atoms with Gasteiger partial charge in [0, 0.05) is 19.6 Å². The third-order valence-corrected chi connectivity index (χ3v) is 5.70. The van der Waals surface area contributed by atoms with E-state index in [2.05, 4.69) is 18.0 Å². The molecule has 7 nitrogen and oxygen atoms in total. The molecule has 2 aliphatic rings. The molecule has 29 heavy (non-hydrogen) atoms. The summed E-state index contributed by atoms with van der Waals surface area (Å²) < 4.78 is 5.46. The first kappa shape index (κ1) is 19.7. The number of amides is 2. The van der Waals surface area contributed by atoms with Gasteiger partial charge in [-0.25, -0.2) is 9.78 Å². The molecule has 2 aromatic rings. The van der Waals surface area contributed by atoms with E-state index in [1.165, 1.54) is 5.56 Å². The Morgan fingerprint density at radius 2 is 2.00 bits per heavy atom. The van der Waals surface area contributed by atoms with Crippen LogP contribution in [-0.2, 0) is 9.53 Å². The lowest BCUT2D eigenvalue weighted by Gasteiger charge is -2.27. The SMILES string of the molecule is Cc1ccc2nc(C3CCCN3C(=O)C3CCN(C(=O)OC(C)(C)C)C3)[nH]c2c1. The lowest BCUT2D eigenvalue weighted by Crippen LogP contribution is -2.39. The van der Waals surface area contributed by atoms with Gasteiger partial charge < -0.3 is 19.5 Å². The average molecular weight is 399 g/mol. The van der Waals surface area contributed by atoms with E-state index in [-0.39, 0.29) is 24.0 Å². The van der Waals surface area contributed by atoms with Crippen LogP contribution in [0.25, 0.3) is 11.0 Å². The molecule has 0 spiro atoms. The average Bonchev–Trinajstić information content (AvgIpc) is 3.37. The molecule has 3 heterocycles. The van der Waals surface area contributed by atoms with Crippen LogP contribution in [0.1, 0.15) is 57.5 Å². The van der Waals surface area contributed by atoms with E-state index >= 15 is 0 Å². The highest BCUT2D eigenvalue weighted by molar-refractivity contribution is 5.82. The minimum atomic E-state index is -0.529. The van der Waals surface area contributed by atoms with E-state index in [4.69, 9.17) is 9.72 Å². The fourth-order valence-corrected chi connectivity index (χ4v) is 4.30. The Labute approximate surface area is 171 Å². The van der Waals surface area contributed by atoms with Gasteiger partial charge in [-0.1, -0.05) is 6.07 Å². The molecule has 2 fully saturated rings. The predicted octanol–water partition coefficient (Wildman–Crippen LogP) is 3.79. The molecule has 2 aliphatic heterocycles. The van der Waals surface area contributed by atoms with Crippen molar-refractivity contribution in [3.63, 3.8) is 0 Å². The number of rotatable bonds is 2. The van der Waals surface area contributed by atoms with Gasteiger partial charge in [-0.3, -0.25) is 4.79 Å². The van der Waals surface area contributed by atoms with E-state index < -0.39 is 5.60 Å². The molecule has 7 heteroatoms. The van der Waals surface area contributed by atoms with Crippen LogP contribution < -0.4 is 0 Å². The van der Waals surface area contributed by atoms with Gasteiger partial charge in [0.25, 0.3) is 0 Å². The molecule has 1 aromatic carbocycles. The Bertz CT molecular complexity index is 930. The van der Waals surface area contributed by atoms with Crippen LogP contribution in [0.5, 0.6) is 0 Å². The zero-order valence-corrected chi connectivity index (χ0v) is 17.7. The molecule has 2 amide bonds. The van der Waals surface area contributed by atoms with Crippen molar-refractivity contribution in [3.05, 3.63) is 29.6 Å². The summed E-state index contributed by atoms with van der Waals surface area (Å²) in [5.74, 6) is 0.809. The number of nitrogens with zero attached hydrogens (tertiary/aromatic N) is 3. The second-order valence-electron chi connectivity index (χ2n) is 9.24. The zero-order chi connectivity index (χ0) is 20.8. The van der Waals surface area contributed by atoms with Gasteiger partial charge in [-0.15, -0.1) is 0 Å². The summed E-state index contributed by atoms with van der Waals surface area (Å²) in [6.45, 7) is 9.35. The number of benzene rings is 1. The van der Waals surface area contributed by atoms with Gasteiger partial charge in [0.2, 0.25) is 5.91 Å². The van der Waals surface area contributed by atoms with Gasteiger partial charge in [-0.2, -0.15) is 0 Å². The van der Waals surface area contributed by atoms with E-state index in [0.717, 1.165) is 36.2 Å². The van der Waals surface area contributed by atoms with Gasteiger partial charge in [0.15, 0.2) is 0 Å². The molecule has 0 aliphatic carbocycles. The molecule has 0 radical (unpaired) electrons. The third-order valence-electron chi connectivity index (χ3n) is 5.70. The highest BCUT2D eigenvalue weighted by Gasteiger charge is 2.40. The molecule has 4 rings (SSSR count). The lowest BCUT2D eigenvalue weighted by molar-refractivity contribution is -0.136. The number of imidazole rings is 1. The maximum atomic E-state index is 13.3. The van der Waals surface area contributed by atoms with Crippen LogP contribution in [-0.4, -0.2) is 57.0 Å².